The molecule has 1 atom stereocenters. The molecule has 0 saturated heterocycles. The van der Waals surface area contributed by atoms with Crippen LogP contribution in [-0.2, 0) is 16.8 Å². The van der Waals surface area contributed by atoms with Crippen molar-refractivity contribution < 1.29 is 24.2 Å². The van der Waals surface area contributed by atoms with Gasteiger partial charge in [-0.25, -0.2) is 9.78 Å². The summed E-state index contributed by atoms with van der Waals surface area (Å²) in [5, 5.41) is 13.6. The molecule has 4 rings (SSSR count). The van der Waals surface area contributed by atoms with Crippen molar-refractivity contribution >= 4 is 11.9 Å². The predicted octanol–water partition coefficient (Wildman–Crippen LogP) is 4.56. The Hall–Kier alpha value is -4.72. The van der Waals surface area contributed by atoms with Gasteiger partial charge >= 0.3 is 5.97 Å². The molecule has 3 aromatic carbocycles. The van der Waals surface area contributed by atoms with E-state index in [0.29, 0.717) is 40.4 Å². The van der Waals surface area contributed by atoms with Crippen molar-refractivity contribution in [3.05, 3.63) is 119 Å². The van der Waals surface area contributed by atoms with Gasteiger partial charge in [0.2, 0.25) is 12.0 Å². The molecule has 1 amide bonds. The molecule has 0 fully saturated rings. The first-order chi connectivity index (χ1) is 18.4. The Kier molecular flexibility index (Phi) is 8.01. The Labute approximate surface area is 221 Å². The molecule has 8 nitrogen and oxygen atoms in total. The number of rotatable bonds is 10. The van der Waals surface area contributed by atoms with Crippen LogP contribution in [0.4, 0.5) is 0 Å². The van der Waals surface area contributed by atoms with E-state index in [9.17, 15) is 14.7 Å². The van der Waals surface area contributed by atoms with Crippen LogP contribution in [0.15, 0.2) is 91.0 Å². The summed E-state index contributed by atoms with van der Waals surface area (Å²) in [6, 6.07) is 26.1. The van der Waals surface area contributed by atoms with Crippen molar-refractivity contribution in [2.24, 2.45) is 0 Å². The number of carbonyl (C=O) groups excluding carboxylic acids is 1. The summed E-state index contributed by atoms with van der Waals surface area (Å²) in [5.74, 6) is -0.602. The smallest absolute Gasteiger partial charge is 0.348 e. The third-order valence-electron chi connectivity index (χ3n) is 6.21. The van der Waals surface area contributed by atoms with Gasteiger partial charge in [-0.1, -0.05) is 67.6 Å². The number of hydrogen-bond donors (Lipinski definition) is 2. The van der Waals surface area contributed by atoms with Crippen LogP contribution in [0.3, 0.4) is 0 Å². The highest BCUT2D eigenvalue weighted by atomic mass is 16.5. The van der Waals surface area contributed by atoms with Crippen LogP contribution >= 0.6 is 0 Å². The minimum atomic E-state index is -1.63. The SMILES string of the molecule is CCc1cc(OC(C(=O)O)C(NC(=O)c2ccc(OC)cc2)(c2ccccc2)c2ccccc2)nc(C)n1. The summed E-state index contributed by atoms with van der Waals surface area (Å²) in [5.41, 5.74) is 0.474. The number of methoxy groups -OCH3 is 1. The van der Waals surface area contributed by atoms with Crippen molar-refractivity contribution in [3.63, 3.8) is 0 Å². The van der Waals surface area contributed by atoms with E-state index in [0.717, 1.165) is 0 Å². The standard InChI is InChI=1S/C30H29N3O5/c1-4-24-19-26(32-20(2)31-24)38-27(29(35)36)30(22-11-7-5-8-12-22,23-13-9-6-10-14-23)33-28(34)21-15-17-25(37-3)18-16-21/h5-19,27H,4H2,1-3H3,(H,33,34)(H,35,36). The van der Waals surface area contributed by atoms with E-state index < -0.39 is 23.5 Å². The van der Waals surface area contributed by atoms with Gasteiger partial charge in [0.1, 0.15) is 17.1 Å². The first-order valence-corrected chi connectivity index (χ1v) is 12.2. The molecule has 1 heterocycles. The van der Waals surface area contributed by atoms with Crippen molar-refractivity contribution in [2.45, 2.75) is 31.9 Å². The highest BCUT2D eigenvalue weighted by Crippen LogP contribution is 2.36. The molecule has 8 heteroatoms. The van der Waals surface area contributed by atoms with Crippen LogP contribution in [0.5, 0.6) is 11.6 Å². The van der Waals surface area contributed by atoms with Crippen LogP contribution in [0.1, 0.15) is 39.9 Å². The Morgan fingerprint density at radius 1 is 0.921 bits per heavy atom. The van der Waals surface area contributed by atoms with E-state index in [1.165, 1.54) is 0 Å². The van der Waals surface area contributed by atoms with Crippen molar-refractivity contribution in [1.29, 1.82) is 0 Å². The van der Waals surface area contributed by atoms with E-state index in [1.54, 1.807) is 92.9 Å². The number of aromatic nitrogens is 2. The second-order valence-electron chi connectivity index (χ2n) is 8.66. The average molecular weight is 512 g/mol. The number of aliphatic carboxylic acids is 1. The van der Waals surface area contributed by atoms with Crippen molar-refractivity contribution in [2.75, 3.05) is 7.11 Å². The summed E-state index contributed by atoms with van der Waals surface area (Å²) in [6.07, 6.45) is -0.970. The number of aryl methyl sites for hydroxylation is 2. The zero-order chi connectivity index (χ0) is 27.1. The van der Waals surface area contributed by atoms with Gasteiger partial charge in [0.05, 0.1) is 7.11 Å². The zero-order valence-electron chi connectivity index (χ0n) is 21.4. The largest absolute Gasteiger partial charge is 0.497 e. The van der Waals surface area contributed by atoms with Crippen LogP contribution in [-0.4, -0.2) is 40.2 Å². The van der Waals surface area contributed by atoms with E-state index in [2.05, 4.69) is 15.3 Å². The molecule has 0 aliphatic heterocycles. The van der Waals surface area contributed by atoms with E-state index in [4.69, 9.17) is 9.47 Å². The van der Waals surface area contributed by atoms with Crippen LogP contribution < -0.4 is 14.8 Å². The molecule has 0 saturated carbocycles. The summed E-state index contributed by atoms with van der Waals surface area (Å²) >= 11 is 0. The lowest BCUT2D eigenvalue weighted by Crippen LogP contribution is -2.59. The number of carboxylic acid groups (broad SMARTS) is 1. The Bertz CT molecular complexity index is 1350. The fraction of sp³-hybridized carbons (Fsp3) is 0.200. The Morgan fingerprint density at radius 2 is 1.50 bits per heavy atom. The molecule has 0 bridgehead atoms. The molecule has 2 N–H and O–H groups in total. The number of carbonyl (C=O) groups is 2. The quantitative estimate of drug-likeness (QED) is 0.321. The molecule has 1 unspecified atom stereocenters. The normalized spacial score (nSPS) is 11.9. The van der Waals surface area contributed by atoms with Crippen LogP contribution in [0, 0.1) is 6.92 Å². The molecular weight excluding hydrogens is 482 g/mol. The van der Waals surface area contributed by atoms with Gasteiger partial charge in [-0.15, -0.1) is 0 Å². The molecule has 4 aromatic rings. The first-order valence-electron chi connectivity index (χ1n) is 12.2. The fourth-order valence-electron chi connectivity index (χ4n) is 4.36. The van der Waals surface area contributed by atoms with Gasteiger partial charge in [0, 0.05) is 17.3 Å². The minimum absolute atomic E-state index is 0.108. The van der Waals surface area contributed by atoms with E-state index in [-0.39, 0.29) is 5.88 Å². The van der Waals surface area contributed by atoms with Gasteiger partial charge in [-0.2, -0.15) is 4.98 Å². The number of benzene rings is 3. The lowest BCUT2D eigenvalue weighted by molar-refractivity contribution is -0.148. The maximum atomic E-state index is 13.7. The molecule has 38 heavy (non-hydrogen) atoms. The maximum absolute atomic E-state index is 13.7. The highest BCUT2D eigenvalue weighted by Gasteiger charge is 2.50. The highest BCUT2D eigenvalue weighted by molar-refractivity contribution is 5.96. The predicted molar refractivity (Wildman–Crippen MR) is 142 cm³/mol. The minimum Gasteiger partial charge on any atom is -0.497 e. The molecule has 1 aromatic heterocycles. The van der Waals surface area contributed by atoms with Crippen molar-refractivity contribution in [3.8, 4) is 11.6 Å². The van der Waals surface area contributed by atoms with Gasteiger partial charge in [-0.05, 0) is 48.7 Å². The first kappa shape index (κ1) is 26.3. The summed E-state index contributed by atoms with van der Waals surface area (Å²) in [6.45, 7) is 3.66. The number of nitrogens with zero attached hydrogens (tertiary/aromatic N) is 2. The van der Waals surface area contributed by atoms with Gasteiger partial charge in [0.15, 0.2) is 0 Å². The molecule has 0 spiro atoms. The zero-order valence-corrected chi connectivity index (χ0v) is 21.4. The lowest BCUT2D eigenvalue weighted by Gasteiger charge is -2.40. The maximum Gasteiger partial charge on any atom is 0.348 e. The summed E-state index contributed by atoms with van der Waals surface area (Å²) in [4.78, 5) is 35.4. The number of ether oxygens (including phenoxy) is 2. The van der Waals surface area contributed by atoms with Gasteiger partial charge < -0.3 is 19.9 Å². The second kappa shape index (κ2) is 11.6. The van der Waals surface area contributed by atoms with Gasteiger partial charge in [-0.3, -0.25) is 4.79 Å². The van der Waals surface area contributed by atoms with E-state index >= 15 is 0 Å². The number of amides is 1. The fourth-order valence-corrected chi connectivity index (χ4v) is 4.36. The molecular formula is C30H29N3O5. The summed E-state index contributed by atoms with van der Waals surface area (Å²) in [7, 11) is 1.54. The Balaban J connectivity index is 1.92. The van der Waals surface area contributed by atoms with Crippen molar-refractivity contribution in [1.82, 2.24) is 15.3 Å². The third kappa shape index (κ3) is 5.49. The molecule has 0 aliphatic carbocycles. The third-order valence-corrected chi connectivity index (χ3v) is 6.21. The molecule has 0 aliphatic rings. The van der Waals surface area contributed by atoms with Gasteiger partial charge in [0.25, 0.3) is 5.91 Å². The monoisotopic (exact) mass is 511 g/mol. The average Bonchev–Trinajstić information content (AvgIpc) is 2.95. The van der Waals surface area contributed by atoms with Crippen LogP contribution in [0.2, 0.25) is 0 Å². The molecule has 0 radical (unpaired) electrons. The Morgan fingerprint density at radius 3 is 2.00 bits per heavy atom. The van der Waals surface area contributed by atoms with E-state index in [1.807, 2.05) is 19.1 Å². The number of hydrogen-bond acceptors (Lipinski definition) is 6. The number of carboxylic acids is 1. The lowest BCUT2D eigenvalue weighted by atomic mass is 9.77. The summed E-state index contributed by atoms with van der Waals surface area (Å²) < 4.78 is 11.4. The molecule has 194 valence electrons. The second-order valence-corrected chi connectivity index (χ2v) is 8.66. The number of nitrogens with one attached hydrogen (secondary N) is 1. The topological polar surface area (TPSA) is 111 Å². The van der Waals surface area contributed by atoms with Crippen LogP contribution in [0.25, 0.3) is 0 Å².